The van der Waals surface area contributed by atoms with Gasteiger partial charge in [-0.3, -0.25) is 0 Å². The number of aryl methyl sites for hydroxylation is 2. The molecule has 5 nitrogen and oxygen atoms in total. The SMILES string of the molecule is Cc1ccnc(N2CC3CC3c3ccc(Oc4cc(-n5[c](=[Pt])n(C)c6ccccc65)cc(C(C)(C)C)c4)cc32)c1. The molecule has 2 aliphatic rings. The van der Waals surface area contributed by atoms with E-state index < -0.39 is 0 Å². The van der Waals surface area contributed by atoms with Gasteiger partial charge in [-0.2, -0.15) is 0 Å². The average Bonchev–Trinajstić information content (AvgIpc) is 3.67. The molecule has 1 aliphatic heterocycles. The average molecular weight is 710 g/mol. The van der Waals surface area contributed by atoms with Gasteiger partial charge >= 0.3 is 223 Å². The van der Waals surface area contributed by atoms with Crippen LogP contribution in [0.1, 0.15) is 49.8 Å². The fraction of sp³-hybridized carbons (Fsp3) is 0.294. The number of hydrogen-bond acceptors (Lipinski definition) is 3. The quantitative estimate of drug-likeness (QED) is 0.189. The summed E-state index contributed by atoms with van der Waals surface area (Å²) in [7, 11) is 2.12. The summed E-state index contributed by atoms with van der Waals surface area (Å²) in [5.74, 6) is 4.09. The van der Waals surface area contributed by atoms with Crippen LogP contribution in [0.5, 0.6) is 11.5 Å². The van der Waals surface area contributed by atoms with Gasteiger partial charge in [0.15, 0.2) is 0 Å². The Labute approximate surface area is 246 Å². The van der Waals surface area contributed by atoms with Gasteiger partial charge in [-0.15, -0.1) is 0 Å². The van der Waals surface area contributed by atoms with Crippen molar-refractivity contribution < 1.29 is 24.1 Å². The van der Waals surface area contributed by atoms with Crippen LogP contribution in [0.15, 0.2) is 79.0 Å². The molecule has 0 bridgehead atoms. The molecule has 0 saturated heterocycles. The first-order valence-electron chi connectivity index (χ1n) is 14.0. The molecule has 2 atom stereocenters. The van der Waals surface area contributed by atoms with Crippen LogP contribution in [0.4, 0.5) is 11.5 Å². The van der Waals surface area contributed by atoms with Crippen LogP contribution < -0.4 is 9.64 Å². The number of benzene rings is 3. The van der Waals surface area contributed by atoms with Gasteiger partial charge in [0.1, 0.15) is 0 Å². The predicted octanol–water partition coefficient (Wildman–Crippen LogP) is 8.10. The Balaban J connectivity index is 1.32. The van der Waals surface area contributed by atoms with Crippen molar-refractivity contribution in [3.8, 4) is 17.2 Å². The Hall–Kier alpha value is -3.43. The summed E-state index contributed by atoms with van der Waals surface area (Å²) in [5.41, 5.74) is 8.56. The Morgan fingerprint density at radius 2 is 1.73 bits per heavy atom. The van der Waals surface area contributed by atoms with Crippen molar-refractivity contribution in [3.63, 3.8) is 0 Å². The minimum absolute atomic E-state index is 0.0324. The summed E-state index contributed by atoms with van der Waals surface area (Å²) in [5, 5.41) is 0. The molecule has 0 N–H and O–H groups in total. The molecule has 40 heavy (non-hydrogen) atoms. The molecule has 3 heterocycles. The van der Waals surface area contributed by atoms with Crippen molar-refractivity contribution >= 4 is 22.5 Å². The van der Waals surface area contributed by atoms with E-state index in [1.54, 1.807) is 0 Å². The summed E-state index contributed by atoms with van der Waals surface area (Å²) >= 11 is 2.42. The first-order chi connectivity index (χ1) is 19.2. The number of hydrogen-bond donors (Lipinski definition) is 0. The number of nitrogens with zero attached hydrogens (tertiary/aromatic N) is 4. The predicted molar refractivity (Wildman–Crippen MR) is 158 cm³/mol. The number of anilines is 2. The topological polar surface area (TPSA) is 35.2 Å². The molecule has 2 aromatic heterocycles. The van der Waals surface area contributed by atoms with Crippen molar-refractivity contribution in [1.29, 1.82) is 0 Å². The van der Waals surface area contributed by atoms with Gasteiger partial charge in [-0.25, -0.2) is 0 Å². The van der Waals surface area contributed by atoms with Gasteiger partial charge in [0, 0.05) is 6.20 Å². The van der Waals surface area contributed by atoms with Crippen LogP contribution in [-0.4, -0.2) is 20.7 Å². The van der Waals surface area contributed by atoms with Crippen LogP contribution in [0, 0.1) is 16.6 Å². The van der Waals surface area contributed by atoms with Crippen LogP contribution in [0.3, 0.4) is 0 Å². The molecule has 0 radical (unpaired) electrons. The second-order valence-electron chi connectivity index (χ2n) is 12.3. The normalized spacial score (nSPS) is 18.0. The zero-order valence-electron chi connectivity index (χ0n) is 23.6. The van der Waals surface area contributed by atoms with Crippen LogP contribution in [0.2, 0.25) is 0 Å². The van der Waals surface area contributed by atoms with Crippen molar-refractivity contribution in [2.24, 2.45) is 13.0 Å². The fourth-order valence-electron chi connectivity index (χ4n) is 6.03. The Morgan fingerprint density at radius 1 is 0.925 bits per heavy atom. The second-order valence-corrected chi connectivity index (χ2v) is 13.3. The van der Waals surface area contributed by atoms with Gasteiger partial charge in [0.2, 0.25) is 0 Å². The zero-order valence-corrected chi connectivity index (χ0v) is 25.9. The van der Waals surface area contributed by atoms with Gasteiger partial charge in [-0.05, 0) is 18.6 Å². The molecule has 5 aromatic rings. The third kappa shape index (κ3) is 4.36. The molecule has 7 rings (SSSR count). The summed E-state index contributed by atoms with van der Waals surface area (Å²) < 4.78 is 12.4. The van der Waals surface area contributed by atoms with E-state index in [-0.39, 0.29) is 5.41 Å². The van der Waals surface area contributed by atoms with Crippen LogP contribution in [0.25, 0.3) is 16.7 Å². The van der Waals surface area contributed by atoms with E-state index in [4.69, 9.17) is 9.72 Å². The monoisotopic (exact) mass is 709 g/mol. The van der Waals surface area contributed by atoms with Crippen molar-refractivity contribution in [3.05, 3.63) is 99.5 Å². The molecular formula is C34H34N4OPt. The maximum atomic E-state index is 6.69. The van der Waals surface area contributed by atoms with Gasteiger partial charge in [0.05, 0.1) is 0 Å². The third-order valence-corrected chi connectivity index (χ3v) is 9.64. The standard InChI is InChI=1S/C34H34N4O.Pt/c1-22-12-13-35-33(14-22)37-20-23-15-29(23)28-11-10-26(19-32(28)37)39-27-17-24(34(2,3)4)16-25(18-27)38-21-36(5)30-8-6-7-9-31(30)38;/h6-14,16-19,23,29H,15,20H2,1-5H3;. The van der Waals surface area contributed by atoms with E-state index in [2.05, 4.69) is 141 Å². The molecule has 206 valence electrons. The van der Waals surface area contributed by atoms with Crippen LogP contribution in [-0.2, 0) is 31.8 Å². The Kier molecular flexibility index (Phi) is 5.94. The van der Waals surface area contributed by atoms with E-state index in [1.165, 1.54) is 39.8 Å². The van der Waals surface area contributed by atoms with E-state index >= 15 is 0 Å². The Morgan fingerprint density at radius 3 is 2.50 bits per heavy atom. The number of rotatable bonds is 4. The minimum atomic E-state index is -0.0324. The molecular weight excluding hydrogens is 675 g/mol. The van der Waals surface area contributed by atoms with Gasteiger partial charge in [-0.1, -0.05) is 0 Å². The van der Waals surface area contributed by atoms with Crippen molar-refractivity contribution in [2.45, 2.75) is 45.4 Å². The second kappa shape index (κ2) is 9.31. The van der Waals surface area contributed by atoms with Gasteiger partial charge in [0.25, 0.3) is 0 Å². The number of pyridine rings is 1. The van der Waals surface area contributed by atoms with E-state index in [9.17, 15) is 0 Å². The van der Waals surface area contributed by atoms with E-state index in [1.807, 2.05) is 6.20 Å². The van der Waals surface area contributed by atoms with Crippen molar-refractivity contribution in [2.75, 3.05) is 11.4 Å². The zero-order chi connectivity index (χ0) is 27.8. The summed E-state index contributed by atoms with van der Waals surface area (Å²) in [4.78, 5) is 7.11. The molecule has 0 spiro atoms. The summed E-state index contributed by atoms with van der Waals surface area (Å²) in [6.45, 7) is 9.91. The molecule has 2 unspecified atom stereocenters. The number of fused-ring (bicyclic) bond motifs is 4. The van der Waals surface area contributed by atoms with E-state index in [0.717, 1.165) is 33.4 Å². The Bertz CT molecular complexity index is 1840. The third-order valence-electron chi connectivity index (χ3n) is 8.37. The molecule has 3 aromatic carbocycles. The first-order valence-corrected chi connectivity index (χ1v) is 15.1. The fourth-order valence-corrected chi connectivity index (χ4v) is 6.87. The molecule has 6 heteroatoms. The number of aromatic nitrogens is 3. The molecule has 1 aliphatic carbocycles. The summed E-state index contributed by atoms with van der Waals surface area (Å²) in [6, 6.07) is 26.1. The number of imidazole rings is 1. The molecule has 0 amide bonds. The maximum absolute atomic E-state index is 6.69. The number of ether oxygens (including phenoxy) is 1. The van der Waals surface area contributed by atoms with Crippen molar-refractivity contribution in [1.82, 2.24) is 14.1 Å². The summed E-state index contributed by atoms with van der Waals surface area (Å²) in [6.07, 6.45) is 3.17. The molecule has 1 fully saturated rings. The molecule has 1 saturated carbocycles. The van der Waals surface area contributed by atoms with Crippen LogP contribution >= 0.6 is 0 Å². The number of para-hydroxylation sites is 2. The van der Waals surface area contributed by atoms with E-state index in [0.29, 0.717) is 11.8 Å². The first kappa shape index (κ1) is 25.5. The van der Waals surface area contributed by atoms with Gasteiger partial charge < -0.3 is 0 Å².